The smallest absolute Gasteiger partial charge is 0.253 e. The normalized spacial score (nSPS) is 15.6. The van der Waals surface area contributed by atoms with Crippen LogP contribution in [-0.4, -0.2) is 49.1 Å². The Morgan fingerprint density at radius 3 is 2.63 bits per heavy atom. The largest absolute Gasteiger partial charge is 0.497 e. The molecule has 5 aromatic rings. The van der Waals surface area contributed by atoms with Gasteiger partial charge in [-0.15, -0.1) is 5.10 Å². The quantitative estimate of drug-likeness (QED) is 0.355. The molecule has 1 unspecified atom stereocenters. The number of nitrogens with zero attached hydrogens (tertiary/aromatic N) is 5. The highest BCUT2D eigenvalue weighted by molar-refractivity contribution is 7.99. The molecule has 174 valence electrons. The highest BCUT2D eigenvalue weighted by atomic mass is 32.2. The number of carbonyl (C=O) groups excluding carboxylic acids is 1. The molecule has 1 N–H and O–H groups in total. The number of hydrogen-bond donors (Lipinski definition) is 1. The fourth-order valence-corrected chi connectivity index (χ4v) is 5.17. The third-order valence-corrected chi connectivity index (χ3v) is 7.03. The number of aromatic amines is 1. The van der Waals surface area contributed by atoms with E-state index in [0.717, 1.165) is 33.6 Å². The van der Waals surface area contributed by atoms with Gasteiger partial charge in [-0.2, -0.15) is 5.10 Å². The Balaban J connectivity index is 1.28. The zero-order chi connectivity index (χ0) is 23.8. The Hall–Kier alpha value is -4.11. The van der Waals surface area contributed by atoms with Crippen molar-refractivity contribution < 1.29 is 9.53 Å². The lowest BCUT2D eigenvalue weighted by Crippen LogP contribution is -2.28. The Kier molecular flexibility index (Phi) is 5.46. The van der Waals surface area contributed by atoms with Crippen LogP contribution in [0, 0.1) is 0 Å². The van der Waals surface area contributed by atoms with Gasteiger partial charge in [0.2, 0.25) is 5.78 Å². The maximum absolute atomic E-state index is 13.5. The van der Waals surface area contributed by atoms with Crippen LogP contribution >= 0.6 is 11.8 Å². The molecule has 3 heterocycles. The topological polar surface area (TPSA) is 87.9 Å². The second kappa shape index (κ2) is 8.92. The predicted octanol–water partition coefficient (Wildman–Crippen LogP) is 4.69. The molecule has 1 amide bonds. The minimum absolute atomic E-state index is 0.0812. The van der Waals surface area contributed by atoms with Crippen molar-refractivity contribution >= 4 is 40.2 Å². The van der Waals surface area contributed by atoms with Crippen LogP contribution in [0.3, 0.4) is 0 Å². The van der Waals surface area contributed by atoms with Gasteiger partial charge in [-0.3, -0.25) is 9.20 Å². The first-order valence-corrected chi connectivity index (χ1v) is 12.2. The Morgan fingerprint density at radius 1 is 1.06 bits per heavy atom. The number of amides is 1. The van der Waals surface area contributed by atoms with Crippen molar-refractivity contribution in [3.63, 3.8) is 0 Å². The minimum atomic E-state index is -0.183. The first kappa shape index (κ1) is 21.4. The zero-order valence-electron chi connectivity index (χ0n) is 19.0. The number of benzene rings is 3. The average molecular weight is 483 g/mol. The van der Waals surface area contributed by atoms with Gasteiger partial charge in [0.05, 0.1) is 35.6 Å². The van der Waals surface area contributed by atoms with E-state index in [1.807, 2.05) is 83.3 Å². The van der Waals surface area contributed by atoms with Gasteiger partial charge in [0.25, 0.3) is 5.91 Å². The number of aromatic nitrogens is 4. The van der Waals surface area contributed by atoms with E-state index in [-0.39, 0.29) is 17.7 Å². The van der Waals surface area contributed by atoms with Gasteiger partial charge in [-0.25, -0.2) is 15.1 Å². The Morgan fingerprint density at radius 2 is 1.83 bits per heavy atom. The van der Waals surface area contributed by atoms with Crippen molar-refractivity contribution in [2.24, 2.45) is 5.10 Å². The summed E-state index contributed by atoms with van der Waals surface area (Å²) in [5.41, 5.74) is 4.76. The van der Waals surface area contributed by atoms with Crippen LogP contribution in [0.2, 0.25) is 0 Å². The number of thioether (sulfide) groups is 1. The molecule has 0 saturated carbocycles. The molecule has 0 bridgehead atoms. The fraction of sp³-hybridized carbons (Fsp3) is 0.154. The van der Waals surface area contributed by atoms with E-state index in [9.17, 15) is 4.79 Å². The summed E-state index contributed by atoms with van der Waals surface area (Å²) in [5, 5.41) is 14.4. The molecule has 0 fully saturated rings. The SMILES string of the molecule is COc1ccc(C2CC(c3ccccc3)=NN2C(=O)CSc2n[nH]c3nc4ccccc4n23)cc1. The number of carbonyl (C=O) groups is 1. The number of ether oxygens (including phenoxy) is 1. The van der Waals surface area contributed by atoms with Gasteiger partial charge >= 0.3 is 0 Å². The summed E-state index contributed by atoms with van der Waals surface area (Å²) < 4.78 is 7.25. The molecule has 6 rings (SSSR count). The summed E-state index contributed by atoms with van der Waals surface area (Å²) in [6, 6.07) is 25.5. The van der Waals surface area contributed by atoms with Gasteiger partial charge in [-0.05, 0) is 35.4 Å². The Bertz CT molecular complexity index is 1540. The van der Waals surface area contributed by atoms with Crippen molar-refractivity contribution in [3.8, 4) is 5.75 Å². The lowest BCUT2D eigenvalue weighted by Gasteiger charge is -2.22. The number of hydrazone groups is 1. The first-order valence-electron chi connectivity index (χ1n) is 11.2. The molecule has 3 aromatic carbocycles. The molecule has 0 spiro atoms. The number of hydrogen-bond acceptors (Lipinski definition) is 6. The lowest BCUT2D eigenvalue weighted by molar-refractivity contribution is -0.130. The van der Waals surface area contributed by atoms with Gasteiger partial charge in [-0.1, -0.05) is 66.4 Å². The lowest BCUT2D eigenvalue weighted by atomic mass is 9.98. The van der Waals surface area contributed by atoms with Crippen LogP contribution in [0.15, 0.2) is 89.1 Å². The van der Waals surface area contributed by atoms with E-state index in [1.54, 1.807) is 12.1 Å². The number of para-hydroxylation sites is 2. The molecular formula is C26H22N6O2S. The molecule has 0 radical (unpaired) electrons. The monoisotopic (exact) mass is 482 g/mol. The molecule has 8 nitrogen and oxygen atoms in total. The number of H-pyrrole nitrogens is 1. The van der Waals surface area contributed by atoms with E-state index >= 15 is 0 Å². The van der Waals surface area contributed by atoms with Gasteiger partial charge in [0.15, 0.2) is 5.16 Å². The molecule has 0 aliphatic carbocycles. The summed E-state index contributed by atoms with van der Waals surface area (Å²) in [5.74, 6) is 1.55. The Labute approximate surface area is 205 Å². The van der Waals surface area contributed by atoms with E-state index in [1.165, 1.54) is 11.8 Å². The predicted molar refractivity (Wildman–Crippen MR) is 136 cm³/mol. The molecule has 0 saturated heterocycles. The van der Waals surface area contributed by atoms with Crippen molar-refractivity contribution in [1.82, 2.24) is 24.6 Å². The average Bonchev–Trinajstić information content (AvgIpc) is 3.62. The van der Waals surface area contributed by atoms with Crippen LogP contribution in [-0.2, 0) is 4.79 Å². The highest BCUT2D eigenvalue weighted by Gasteiger charge is 2.33. The summed E-state index contributed by atoms with van der Waals surface area (Å²) in [6.07, 6.45) is 0.644. The van der Waals surface area contributed by atoms with Crippen LogP contribution in [0.25, 0.3) is 16.8 Å². The van der Waals surface area contributed by atoms with Crippen molar-refractivity contribution in [2.45, 2.75) is 17.6 Å². The van der Waals surface area contributed by atoms with Crippen molar-refractivity contribution in [3.05, 3.63) is 90.0 Å². The van der Waals surface area contributed by atoms with Crippen molar-refractivity contribution in [1.29, 1.82) is 0 Å². The van der Waals surface area contributed by atoms with Crippen LogP contribution < -0.4 is 4.74 Å². The summed E-state index contributed by atoms with van der Waals surface area (Å²) in [7, 11) is 1.64. The molecular weight excluding hydrogens is 460 g/mol. The third-order valence-electron chi connectivity index (χ3n) is 6.10. The van der Waals surface area contributed by atoms with Gasteiger partial charge < -0.3 is 4.74 Å². The minimum Gasteiger partial charge on any atom is -0.497 e. The summed E-state index contributed by atoms with van der Waals surface area (Å²) in [6.45, 7) is 0. The fourth-order valence-electron chi connectivity index (χ4n) is 4.36. The van der Waals surface area contributed by atoms with Crippen molar-refractivity contribution in [2.75, 3.05) is 12.9 Å². The van der Waals surface area contributed by atoms with E-state index in [4.69, 9.17) is 9.84 Å². The highest BCUT2D eigenvalue weighted by Crippen LogP contribution is 2.34. The zero-order valence-corrected chi connectivity index (χ0v) is 19.8. The standard InChI is InChI=1S/C26H22N6O2S/c1-34-19-13-11-18(12-14-19)23-15-21(17-7-3-2-4-8-17)30-32(23)24(33)16-35-26-29-28-25-27-20-9-5-6-10-22(20)31(25)26/h2-14,23H,15-16H2,1H3,(H,27,28). The van der Waals surface area contributed by atoms with Crippen LogP contribution in [0.4, 0.5) is 0 Å². The van der Waals surface area contributed by atoms with Crippen LogP contribution in [0.1, 0.15) is 23.6 Å². The summed E-state index contributed by atoms with van der Waals surface area (Å²) >= 11 is 1.37. The summed E-state index contributed by atoms with van der Waals surface area (Å²) in [4.78, 5) is 18.0. The number of imidazole rings is 1. The van der Waals surface area contributed by atoms with E-state index in [2.05, 4.69) is 15.2 Å². The number of fused-ring (bicyclic) bond motifs is 3. The van der Waals surface area contributed by atoms with Crippen LogP contribution in [0.5, 0.6) is 5.75 Å². The third kappa shape index (κ3) is 3.93. The number of rotatable bonds is 6. The second-order valence-electron chi connectivity index (χ2n) is 8.20. The molecule has 35 heavy (non-hydrogen) atoms. The molecule has 9 heteroatoms. The molecule has 1 aliphatic rings. The molecule has 2 aromatic heterocycles. The number of nitrogens with one attached hydrogen (secondary N) is 1. The maximum Gasteiger partial charge on any atom is 0.253 e. The maximum atomic E-state index is 13.5. The second-order valence-corrected chi connectivity index (χ2v) is 9.14. The van der Waals surface area contributed by atoms with Gasteiger partial charge in [0, 0.05) is 6.42 Å². The van der Waals surface area contributed by atoms with E-state index in [0.29, 0.717) is 17.4 Å². The molecule has 1 atom stereocenters. The molecule has 1 aliphatic heterocycles. The number of methoxy groups -OCH3 is 1. The van der Waals surface area contributed by atoms with Gasteiger partial charge in [0.1, 0.15) is 5.75 Å². The first-order chi connectivity index (χ1) is 17.2. The van der Waals surface area contributed by atoms with E-state index < -0.39 is 0 Å².